The number of aromatic nitrogens is 3. The molecule has 0 amide bonds. The smallest absolute Gasteiger partial charge is 0.112 e. The van der Waals surface area contributed by atoms with Crippen LogP contribution in [0.1, 0.15) is 26.5 Å². The molecule has 0 N–H and O–H groups in total. The van der Waals surface area contributed by atoms with Gasteiger partial charge in [-0.25, -0.2) is 4.68 Å². The SMILES string of the molecule is CC(C)(C)c1nn(-c2cccc(Cl)c2)c2cccnc12. The van der Waals surface area contributed by atoms with Crippen molar-refractivity contribution in [3.05, 3.63) is 53.3 Å². The Morgan fingerprint density at radius 3 is 2.60 bits per heavy atom. The van der Waals surface area contributed by atoms with Crippen molar-refractivity contribution in [1.29, 1.82) is 0 Å². The van der Waals surface area contributed by atoms with Crippen LogP contribution in [0.25, 0.3) is 16.7 Å². The first-order chi connectivity index (χ1) is 9.47. The number of hydrogen-bond donors (Lipinski definition) is 0. The van der Waals surface area contributed by atoms with Crippen LogP contribution >= 0.6 is 11.6 Å². The molecule has 2 aromatic heterocycles. The lowest BCUT2D eigenvalue weighted by Crippen LogP contribution is -2.13. The van der Waals surface area contributed by atoms with Crippen molar-refractivity contribution >= 4 is 22.6 Å². The molecule has 3 aromatic rings. The summed E-state index contributed by atoms with van der Waals surface area (Å²) in [6.07, 6.45) is 1.81. The number of fused-ring (bicyclic) bond motifs is 1. The van der Waals surface area contributed by atoms with Crippen LogP contribution in [-0.4, -0.2) is 14.8 Å². The lowest BCUT2D eigenvalue weighted by Gasteiger charge is -2.14. The molecule has 0 atom stereocenters. The number of halogens is 1. The molecular formula is C16H16ClN3. The van der Waals surface area contributed by atoms with Gasteiger partial charge in [0, 0.05) is 16.6 Å². The summed E-state index contributed by atoms with van der Waals surface area (Å²) in [5, 5.41) is 5.47. The highest BCUT2D eigenvalue weighted by Gasteiger charge is 2.23. The summed E-state index contributed by atoms with van der Waals surface area (Å²) in [4.78, 5) is 4.50. The van der Waals surface area contributed by atoms with Crippen molar-refractivity contribution in [3.8, 4) is 5.69 Å². The zero-order chi connectivity index (χ0) is 14.3. The maximum Gasteiger partial charge on any atom is 0.112 e. The minimum absolute atomic E-state index is 0.0591. The van der Waals surface area contributed by atoms with Crippen molar-refractivity contribution in [2.75, 3.05) is 0 Å². The minimum atomic E-state index is -0.0591. The lowest BCUT2D eigenvalue weighted by molar-refractivity contribution is 0.564. The zero-order valence-electron chi connectivity index (χ0n) is 11.8. The van der Waals surface area contributed by atoms with E-state index in [1.807, 2.05) is 47.3 Å². The zero-order valence-corrected chi connectivity index (χ0v) is 12.5. The molecule has 3 rings (SSSR count). The van der Waals surface area contributed by atoms with Crippen LogP contribution in [0.2, 0.25) is 5.02 Å². The molecule has 0 radical (unpaired) electrons. The van der Waals surface area contributed by atoms with Gasteiger partial charge in [0.25, 0.3) is 0 Å². The molecule has 20 heavy (non-hydrogen) atoms. The maximum atomic E-state index is 6.09. The molecule has 0 saturated carbocycles. The molecule has 0 spiro atoms. The van der Waals surface area contributed by atoms with Gasteiger partial charge < -0.3 is 0 Å². The van der Waals surface area contributed by atoms with Crippen molar-refractivity contribution < 1.29 is 0 Å². The molecular weight excluding hydrogens is 270 g/mol. The highest BCUT2D eigenvalue weighted by atomic mass is 35.5. The Kier molecular flexibility index (Phi) is 3.02. The first-order valence-corrected chi connectivity index (χ1v) is 6.95. The number of rotatable bonds is 1. The largest absolute Gasteiger partial charge is 0.253 e. The van der Waals surface area contributed by atoms with E-state index in [1.54, 1.807) is 0 Å². The fourth-order valence-electron chi connectivity index (χ4n) is 2.26. The summed E-state index contributed by atoms with van der Waals surface area (Å²) in [5.74, 6) is 0. The van der Waals surface area contributed by atoms with Crippen LogP contribution in [0.4, 0.5) is 0 Å². The van der Waals surface area contributed by atoms with E-state index >= 15 is 0 Å². The van der Waals surface area contributed by atoms with Gasteiger partial charge in [-0.1, -0.05) is 38.4 Å². The Morgan fingerprint density at radius 1 is 1.10 bits per heavy atom. The third kappa shape index (κ3) is 2.18. The van der Waals surface area contributed by atoms with Gasteiger partial charge in [-0.2, -0.15) is 5.10 Å². The predicted octanol–water partition coefficient (Wildman–Crippen LogP) is 4.37. The standard InChI is InChI=1S/C16H16ClN3/c1-16(2,3)15-14-13(8-5-9-18-14)20(19-15)12-7-4-6-11(17)10-12/h4-10H,1-3H3. The average molecular weight is 286 g/mol. The minimum Gasteiger partial charge on any atom is -0.253 e. The van der Waals surface area contributed by atoms with E-state index in [0.29, 0.717) is 5.02 Å². The predicted molar refractivity (Wildman–Crippen MR) is 82.6 cm³/mol. The van der Waals surface area contributed by atoms with Gasteiger partial charge in [-0.3, -0.25) is 4.98 Å². The van der Waals surface area contributed by atoms with Gasteiger partial charge in [0.1, 0.15) is 5.52 Å². The average Bonchev–Trinajstić information content (AvgIpc) is 2.78. The molecule has 0 unspecified atom stereocenters. The van der Waals surface area contributed by atoms with E-state index in [0.717, 1.165) is 22.4 Å². The topological polar surface area (TPSA) is 30.7 Å². The Balaban J connectivity index is 2.32. The van der Waals surface area contributed by atoms with Crippen LogP contribution < -0.4 is 0 Å². The van der Waals surface area contributed by atoms with Gasteiger partial charge >= 0.3 is 0 Å². The Bertz CT molecular complexity index is 769. The van der Waals surface area contributed by atoms with Crippen LogP contribution in [0.15, 0.2) is 42.6 Å². The highest BCUT2D eigenvalue weighted by molar-refractivity contribution is 6.30. The van der Waals surface area contributed by atoms with Crippen molar-refractivity contribution in [2.24, 2.45) is 0 Å². The normalized spacial score (nSPS) is 12.0. The molecule has 102 valence electrons. The highest BCUT2D eigenvalue weighted by Crippen LogP contribution is 2.29. The van der Waals surface area contributed by atoms with E-state index in [1.165, 1.54) is 0 Å². The van der Waals surface area contributed by atoms with Gasteiger partial charge in [0.2, 0.25) is 0 Å². The van der Waals surface area contributed by atoms with E-state index in [9.17, 15) is 0 Å². The summed E-state index contributed by atoms with van der Waals surface area (Å²) in [5.41, 5.74) is 3.83. The van der Waals surface area contributed by atoms with Crippen molar-refractivity contribution in [2.45, 2.75) is 26.2 Å². The molecule has 0 saturated heterocycles. The summed E-state index contributed by atoms with van der Waals surface area (Å²) in [6.45, 7) is 6.43. The van der Waals surface area contributed by atoms with Gasteiger partial charge in [-0.15, -0.1) is 0 Å². The number of pyridine rings is 1. The summed E-state index contributed by atoms with van der Waals surface area (Å²) >= 11 is 6.09. The van der Waals surface area contributed by atoms with E-state index in [2.05, 4.69) is 25.8 Å². The monoisotopic (exact) mass is 285 g/mol. The van der Waals surface area contributed by atoms with Crippen molar-refractivity contribution in [1.82, 2.24) is 14.8 Å². The first kappa shape index (κ1) is 13.1. The molecule has 0 aliphatic rings. The second kappa shape index (κ2) is 4.60. The maximum absolute atomic E-state index is 6.09. The molecule has 2 heterocycles. The third-order valence-electron chi connectivity index (χ3n) is 3.20. The molecule has 0 bridgehead atoms. The second-order valence-corrected chi connectivity index (χ2v) is 6.30. The van der Waals surface area contributed by atoms with Crippen LogP contribution in [0, 0.1) is 0 Å². The van der Waals surface area contributed by atoms with Gasteiger partial charge in [-0.05, 0) is 30.3 Å². The number of nitrogens with zero attached hydrogens (tertiary/aromatic N) is 3. The Hall–Kier alpha value is -1.87. The van der Waals surface area contributed by atoms with Gasteiger partial charge in [0.15, 0.2) is 0 Å². The molecule has 1 aromatic carbocycles. The molecule has 0 aliphatic carbocycles. The van der Waals surface area contributed by atoms with E-state index in [-0.39, 0.29) is 5.41 Å². The van der Waals surface area contributed by atoms with Gasteiger partial charge in [0.05, 0.1) is 16.9 Å². The Morgan fingerprint density at radius 2 is 1.90 bits per heavy atom. The lowest BCUT2D eigenvalue weighted by atomic mass is 9.91. The fraction of sp³-hybridized carbons (Fsp3) is 0.250. The summed E-state index contributed by atoms with van der Waals surface area (Å²) in [7, 11) is 0. The fourth-order valence-corrected chi connectivity index (χ4v) is 2.45. The van der Waals surface area contributed by atoms with E-state index < -0.39 is 0 Å². The molecule has 4 heteroatoms. The van der Waals surface area contributed by atoms with Crippen LogP contribution in [0.5, 0.6) is 0 Å². The molecule has 0 fully saturated rings. The first-order valence-electron chi connectivity index (χ1n) is 6.57. The van der Waals surface area contributed by atoms with Crippen LogP contribution in [0.3, 0.4) is 0 Å². The Labute approximate surface area is 123 Å². The number of hydrogen-bond acceptors (Lipinski definition) is 2. The summed E-state index contributed by atoms with van der Waals surface area (Å²) in [6, 6.07) is 11.7. The van der Waals surface area contributed by atoms with Crippen LogP contribution in [-0.2, 0) is 5.41 Å². The second-order valence-electron chi connectivity index (χ2n) is 5.86. The summed E-state index contributed by atoms with van der Waals surface area (Å²) < 4.78 is 1.91. The van der Waals surface area contributed by atoms with E-state index in [4.69, 9.17) is 16.7 Å². The molecule has 3 nitrogen and oxygen atoms in total. The molecule has 0 aliphatic heterocycles. The van der Waals surface area contributed by atoms with Crippen molar-refractivity contribution in [3.63, 3.8) is 0 Å². The third-order valence-corrected chi connectivity index (χ3v) is 3.44. The quantitative estimate of drug-likeness (QED) is 0.664. The number of benzene rings is 1.